The Morgan fingerprint density at radius 3 is 2.67 bits per heavy atom. The monoisotopic (exact) mass is 296 g/mol. The van der Waals surface area contributed by atoms with Crippen LogP contribution in [-0.4, -0.2) is 75.1 Å². The van der Waals surface area contributed by atoms with E-state index in [1.165, 1.54) is 38.9 Å². The fraction of sp³-hybridized carbons (Fsp3) is 0.938. The molecular formula is C16H32N4O. The van der Waals surface area contributed by atoms with Gasteiger partial charge in [0.05, 0.1) is 0 Å². The van der Waals surface area contributed by atoms with Crippen molar-refractivity contribution in [1.82, 2.24) is 20.4 Å². The van der Waals surface area contributed by atoms with Gasteiger partial charge in [0.2, 0.25) is 5.91 Å². The van der Waals surface area contributed by atoms with Gasteiger partial charge in [-0.25, -0.2) is 0 Å². The number of piperidine rings is 1. The predicted molar refractivity (Wildman–Crippen MR) is 86.4 cm³/mol. The molecule has 2 aliphatic heterocycles. The minimum atomic E-state index is 0.226. The number of rotatable bonds is 7. The maximum atomic E-state index is 11.9. The first kappa shape index (κ1) is 16.7. The molecule has 0 aliphatic carbocycles. The Morgan fingerprint density at radius 1 is 1.29 bits per heavy atom. The average molecular weight is 296 g/mol. The molecule has 2 heterocycles. The number of likely N-dealkylation sites (N-methyl/N-ethyl adjacent to an activating group) is 1. The lowest BCUT2D eigenvalue weighted by atomic mass is 9.96. The van der Waals surface area contributed by atoms with Crippen molar-refractivity contribution in [3.05, 3.63) is 0 Å². The lowest BCUT2D eigenvalue weighted by Crippen LogP contribution is -2.41. The molecule has 2 saturated heterocycles. The quantitative estimate of drug-likeness (QED) is 0.719. The van der Waals surface area contributed by atoms with Crippen molar-refractivity contribution >= 4 is 5.91 Å². The molecule has 2 N–H and O–H groups in total. The molecule has 0 aromatic rings. The van der Waals surface area contributed by atoms with Crippen LogP contribution in [0.25, 0.3) is 0 Å². The Hall–Kier alpha value is -0.650. The van der Waals surface area contributed by atoms with Gasteiger partial charge in [-0.05, 0) is 65.3 Å². The molecule has 5 nitrogen and oxygen atoms in total. The van der Waals surface area contributed by atoms with E-state index in [1.807, 2.05) is 0 Å². The second kappa shape index (κ2) is 8.71. The van der Waals surface area contributed by atoms with E-state index in [4.69, 9.17) is 0 Å². The maximum Gasteiger partial charge on any atom is 0.221 e. The SMILES string of the molecule is CN(C)CCN1CCC(CNC(=O)CC2CCCN2)CC1. The molecule has 0 saturated carbocycles. The van der Waals surface area contributed by atoms with Crippen molar-refractivity contribution in [3.63, 3.8) is 0 Å². The Kier molecular flexibility index (Phi) is 6.93. The first-order valence-corrected chi connectivity index (χ1v) is 8.50. The molecule has 2 fully saturated rings. The highest BCUT2D eigenvalue weighted by molar-refractivity contribution is 5.76. The molecule has 0 aromatic heterocycles. The number of likely N-dealkylation sites (tertiary alicyclic amines) is 1. The van der Waals surface area contributed by atoms with Crippen LogP contribution in [0.4, 0.5) is 0 Å². The number of nitrogens with zero attached hydrogens (tertiary/aromatic N) is 2. The molecular weight excluding hydrogens is 264 g/mol. The number of hydrogen-bond acceptors (Lipinski definition) is 4. The molecule has 0 spiro atoms. The maximum absolute atomic E-state index is 11.9. The van der Waals surface area contributed by atoms with Gasteiger partial charge in [-0.2, -0.15) is 0 Å². The first-order chi connectivity index (χ1) is 10.1. The lowest BCUT2D eigenvalue weighted by molar-refractivity contribution is -0.121. The summed E-state index contributed by atoms with van der Waals surface area (Å²) in [5.74, 6) is 0.894. The van der Waals surface area contributed by atoms with E-state index in [9.17, 15) is 4.79 Å². The van der Waals surface area contributed by atoms with Crippen LogP contribution in [0.2, 0.25) is 0 Å². The molecule has 2 aliphatic rings. The van der Waals surface area contributed by atoms with E-state index in [0.717, 1.165) is 26.1 Å². The van der Waals surface area contributed by atoms with E-state index in [1.54, 1.807) is 0 Å². The fourth-order valence-electron chi connectivity index (χ4n) is 3.24. The Morgan fingerprint density at radius 2 is 2.05 bits per heavy atom. The van der Waals surface area contributed by atoms with Crippen molar-refractivity contribution in [3.8, 4) is 0 Å². The van der Waals surface area contributed by atoms with Crippen molar-refractivity contribution < 1.29 is 4.79 Å². The molecule has 122 valence electrons. The molecule has 21 heavy (non-hydrogen) atoms. The number of carbonyl (C=O) groups is 1. The number of hydrogen-bond donors (Lipinski definition) is 2. The molecule has 2 rings (SSSR count). The molecule has 1 amide bonds. The highest BCUT2D eigenvalue weighted by Crippen LogP contribution is 2.16. The molecule has 0 aromatic carbocycles. The van der Waals surface area contributed by atoms with Crippen molar-refractivity contribution in [1.29, 1.82) is 0 Å². The van der Waals surface area contributed by atoms with Gasteiger partial charge >= 0.3 is 0 Å². The second-order valence-electron chi connectivity index (χ2n) is 6.89. The molecule has 1 atom stereocenters. The number of amides is 1. The lowest BCUT2D eigenvalue weighted by Gasteiger charge is -2.32. The van der Waals surface area contributed by atoms with Crippen LogP contribution in [0, 0.1) is 5.92 Å². The van der Waals surface area contributed by atoms with Gasteiger partial charge in [0, 0.05) is 32.1 Å². The third kappa shape index (κ3) is 6.32. The summed E-state index contributed by atoms with van der Waals surface area (Å²) in [5, 5.41) is 6.52. The van der Waals surface area contributed by atoms with E-state index in [-0.39, 0.29) is 5.91 Å². The summed E-state index contributed by atoms with van der Waals surface area (Å²) < 4.78 is 0. The highest BCUT2D eigenvalue weighted by atomic mass is 16.1. The first-order valence-electron chi connectivity index (χ1n) is 8.50. The minimum Gasteiger partial charge on any atom is -0.356 e. The average Bonchev–Trinajstić information content (AvgIpc) is 2.97. The summed E-state index contributed by atoms with van der Waals surface area (Å²) in [5.41, 5.74) is 0. The van der Waals surface area contributed by atoms with Gasteiger partial charge in [-0.1, -0.05) is 0 Å². The van der Waals surface area contributed by atoms with Crippen LogP contribution < -0.4 is 10.6 Å². The van der Waals surface area contributed by atoms with Gasteiger partial charge in [-0.3, -0.25) is 4.79 Å². The standard InChI is InChI=1S/C16H32N4O/c1-19(2)10-11-20-8-5-14(6-9-20)13-18-16(21)12-15-4-3-7-17-15/h14-15,17H,3-13H2,1-2H3,(H,18,21). The van der Waals surface area contributed by atoms with E-state index >= 15 is 0 Å². The summed E-state index contributed by atoms with van der Waals surface area (Å²) in [6.45, 7) is 6.60. The predicted octanol–water partition coefficient (Wildman–Crippen LogP) is 0.518. The zero-order chi connectivity index (χ0) is 15.1. The van der Waals surface area contributed by atoms with Gasteiger partial charge in [0.15, 0.2) is 0 Å². The van der Waals surface area contributed by atoms with Gasteiger partial charge in [-0.15, -0.1) is 0 Å². The molecule has 0 radical (unpaired) electrons. The van der Waals surface area contributed by atoms with Crippen LogP contribution in [0.1, 0.15) is 32.1 Å². The molecule has 1 unspecified atom stereocenters. The number of carbonyl (C=O) groups excluding carboxylic acids is 1. The van der Waals surface area contributed by atoms with Gasteiger partial charge in [0.25, 0.3) is 0 Å². The van der Waals surface area contributed by atoms with Crippen LogP contribution >= 0.6 is 0 Å². The Bertz CT molecular complexity index is 307. The third-order valence-electron chi connectivity index (χ3n) is 4.75. The number of nitrogens with one attached hydrogen (secondary N) is 2. The Labute approximate surface area is 129 Å². The summed E-state index contributed by atoms with van der Waals surface area (Å²) in [6, 6.07) is 0.415. The Balaban J connectivity index is 1.54. The van der Waals surface area contributed by atoms with Gasteiger partial charge < -0.3 is 20.4 Å². The van der Waals surface area contributed by atoms with Crippen LogP contribution in [0.3, 0.4) is 0 Å². The van der Waals surface area contributed by atoms with Crippen molar-refractivity contribution in [2.24, 2.45) is 5.92 Å². The van der Waals surface area contributed by atoms with Crippen LogP contribution in [0.5, 0.6) is 0 Å². The van der Waals surface area contributed by atoms with Crippen LogP contribution in [0.15, 0.2) is 0 Å². The normalized spacial score (nSPS) is 24.6. The van der Waals surface area contributed by atoms with E-state index in [0.29, 0.717) is 18.4 Å². The molecule has 0 bridgehead atoms. The highest BCUT2D eigenvalue weighted by Gasteiger charge is 2.21. The minimum absolute atomic E-state index is 0.226. The van der Waals surface area contributed by atoms with Gasteiger partial charge in [0.1, 0.15) is 0 Å². The van der Waals surface area contributed by atoms with Crippen molar-refractivity contribution in [2.45, 2.75) is 38.1 Å². The third-order valence-corrected chi connectivity index (χ3v) is 4.75. The largest absolute Gasteiger partial charge is 0.356 e. The topological polar surface area (TPSA) is 47.6 Å². The summed E-state index contributed by atoms with van der Waals surface area (Å²) in [7, 11) is 4.25. The van der Waals surface area contributed by atoms with E-state index in [2.05, 4.69) is 34.5 Å². The summed E-state index contributed by atoms with van der Waals surface area (Å²) >= 11 is 0. The summed E-state index contributed by atoms with van der Waals surface area (Å²) in [6.07, 6.45) is 5.45. The zero-order valence-electron chi connectivity index (χ0n) is 13.7. The van der Waals surface area contributed by atoms with Crippen LogP contribution in [-0.2, 0) is 4.79 Å². The smallest absolute Gasteiger partial charge is 0.221 e. The second-order valence-corrected chi connectivity index (χ2v) is 6.89. The van der Waals surface area contributed by atoms with Crippen molar-refractivity contribution in [2.75, 3.05) is 53.4 Å². The fourth-order valence-corrected chi connectivity index (χ4v) is 3.24. The zero-order valence-corrected chi connectivity index (χ0v) is 13.7. The molecule has 5 heteroatoms. The van der Waals surface area contributed by atoms with E-state index < -0.39 is 0 Å². The summed E-state index contributed by atoms with van der Waals surface area (Å²) in [4.78, 5) is 16.7.